The molecule has 0 spiro atoms. The molecule has 0 aromatic heterocycles. The van der Waals surface area contributed by atoms with Crippen LogP contribution in [0, 0.1) is 5.41 Å². The van der Waals surface area contributed by atoms with E-state index in [9.17, 15) is 9.59 Å². The fraction of sp³-hybridized carbons (Fsp3) is 0.364. The first-order chi connectivity index (χ1) is 13.3. The van der Waals surface area contributed by atoms with Gasteiger partial charge in [-0.2, -0.15) is 0 Å². The minimum absolute atomic E-state index is 0.0387. The van der Waals surface area contributed by atoms with Gasteiger partial charge in [-0.05, 0) is 48.9 Å². The minimum atomic E-state index is -0.470. The van der Waals surface area contributed by atoms with Gasteiger partial charge in [-0.3, -0.25) is 14.5 Å². The molecule has 0 saturated carbocycles. The summed E-state index contributed by atoms with van der Waals surface area (Å²) in [6, 6.07) is 15.3. The number of ether oxygens (including phenoxy) is 1. The van der Waals surface area contributed by atoms with Crippen LogP contribution in [0.2, 0.25) is 0 Å². The zero-order valence-electron chi connectivity index (χ0n) is 16.7. The van der Waals surface area contributed by atoms with Crippen molar-refractivity contribution in [1.29, 1.82) is 0 Å². The van der Waals surface area contributed by atoms with Gasteiger partial charge in [-0.25, -0.2) is 0 Å². The summed E-state index contributed by atoms with van der Waals surface area (Å²) < 4.78 is 5.49. The molecule has 1 unspecified atom stereocenters. The molecule has 1 aliphatic heterocycles. The van der Waals surface area contributed by atoms with Crippen LogP contribution in [0.25, 0.3) is 0 Å². The smallest absolute Gasteiger partial charge is 0.238 e. The number of anilines is 2. The second-order valence-corrected chi connectivity index (χ2v) is 8.75. The van der Waals surface area contributed by atoms with E-state index in [0.29, 0.717) is 12.4 Å². The van der Waals surface area contributed by atoms with E-state index in [1.807, 2.05) is 81.1 Å². The molecule has 3 rings (SSSR count). The number of thioether (sulfide) groups is 1. The zero-order chi connectivity index (χ0) is 20.3. The van der Waals surface area contributed by atoms with Crippen molar-refractivity contribution in [1.82, 2.24) is 0 Å². The average molecular weight is 399 g/mol. The van der Waals surface area contributed by atoms with Crippen molar-refractivity contribution in [3.63, 3.8) is 0 Å². The molecule has 2 amide bonds. The lowest BCUT2D eigenvalue weighted by molar-refractivity contribution is -0.123. The molecule has 28 heavy (non-hydrogen) atoms. The zero-order valence-corrected chi connectivity index (χ0v) is 17.5. The van der Waals surface area contributed by atoms with Gasteiger partial charge >= 0.3 is 0 Å². The normalized spacial score (nSPS) is 16.9. The van der Waals surface area contributed by atoms with Crippen molar-refractivity contribution < 1.29 is 14.3 Å². The van der Waals surface area contributed by atoms with Crippen LogP contribution in [0.5, 0.6) is 5.75 Å². The molecule has 6 heteroatoms. The Morgan fingerprint density at radius 1 is 1.21 bits per heavy atom. The number of amides is 2. The summed E-state index contributed by atoms with van der Waals surface area (Å²) in [5.74, 6) is 1.25. The first-order valence-corrected chi connectivity index (χ1v) is 10.4. The molecule has 0 bridgehead atoms. The highest BCUT2D eigenvalue weighted by Gasteiger charge is 2.34. The highest BCUT2D eigenvalue weighted by atomic mass is 32.2. The number of carbonyl (C=O) groups excluding carboxylic acids is 2. The highest BCUT2D eigenvalue weighted by Crippen LogP contribution is 2.42. The van der Waals surface area contributed by atoms with Gasteiger partial charge < -0.3 is 10.1 Å². The topological polar surface area (TPSA) is 58.6 Å². The van der Waals surface area contributed by atoms with Crippen LogP contribution in [-0.2, 0) is 9.59 Å². The van der Waals surface area contributed by atoms with Crippen molar-refractivity contribution in [2.75, 3.05) is 22.6 Å². The van der Waals surface area contributed by atoms with Gasteiger partial charge in [0.25, 0.3) is 0 Å². The molecule has 148 valence electrons. The quantitative estimate of drug-likeness (QED) is 0.782. The van der Waals surface area contributed by atoms with Crippen LogP contribution in [0.1, 0.15) is 38.6 Å². The molecule has 2 aromatic rings. The first kappa shape index (κ1) is 20.3. The number of hydrogen-bond acceptors (Lipinski definition) is 4. The maximum atomic E-state index is 12.6. The van der Waals surface area contributed by atoms with E-state index in [1.165, 1.54) is 0 Å². The van der Waals surface area contributed by atoms with Crippen LogP contribution in [0.3, 0.4) is 0 Å². The second kappa shape index (κ2) is 8.27. The van der Waals surface area contributed by atoms with E-state index in [4.69, 9.17) is 4.74 Å². The number of hydrogen-bond donors (Lipinski definition) is 1. The average Bonchev–Trinajstić information content (AvgIpc) is 3.04. The number of rotatable bonds is 5. The lowest BCUT2D eigenvalue weighted by atomic mass is 9.95. The van der Waals surface area contributed by atoms with E-state index in [1.54, 1.807) is 11.8 Å². The Morgan fingerprint density at radius 2 is 1.93 bits per heavy atom. The lowest BCUT2D eigenvalue weighted by Crippen LogP contribution is -2.28. The van der Waals surface area contributed by atoms with Crippen LogP contribution in [-0.4, -0.2) is 24.2 Å². The number of carbonyl (C=O) groups is 2. The Bertz CT molecular complexity index is 859. The van der Waals surface area contributed by atoms with Crippen LogP contribution < -0.4 is 15.0 Å². The van der Waals surface area contributed by atoms with Crippen molar-refractivity contribution in [2.24, 2.45) is 5.41 Å². The molecular formula is C22H26N2O3S. The molecule has 0 radical (unpaired) electrons. The van der Waals surface area contributed by atoms with Gasteiger partial charge in [-0.15, -0.1) is 11.8 Å². The molecule has 2 aromatic carbocycles. The summed E-state index contributed by atoms with van der Waals surface area (Å²) in [6.45, 7) is 8.19. The third-order valence-corrected chi connectivity index (χ3v) is 5.62. The van der Waals surface area contributed by atoms with E-state index >= 15 is 0 Å². The fourth-order valence-corrected chi connectivity index (χ4v) is 4.07. The Labute approximate surface area is 170 Å². The summed E-state index contributed by atoms with van der Waals surface area (Å²) in [4.78, 5) is 26.7. The van der Waals surface area contributed by atoms with Crippen molar-refractivity contribution in [2.45, 2.75) is 33.1 Å². The van der Waals surface area contributed by atoms with Gasteiger partial charge in [0, 0.05) is 16.8 Å². The monoisotopic (exact) mass is 398 g/mol. The van der Waals surface area contributed by atoms with Crippen molar-refractivity contribution in [3.8, 4) is 5.75 Å². The van der Waals surface area contributed by atoms with Crippen LogP contribution >= 0.6 is 11.8 Å². The van der Waals surface area contributed by atoms with E-state index in [-0.39, 0.29) is 17.2 Å². The van der Waals surface area contributed by atoms with Gasteiger partial charge in [0.15, 0.2) is 0 Å². The number of nitrogens with one attached hydrogen (secondary N) is 1. The van der Waals surface area contributed by atoms with Crippen LogP contribution in [0.4, 0.5) is 11.4 Å². The van der Waals surface area contributed by atoms with Crippen LogP contribution in [0.15, 0.2) is 48.5 Å². The van der Waals surface area contributed by atoms with Gasteiger partial charge in [0.05, 0.1) is 12.4 Å². The maximum Gasteiger partial charge on any atom is 0.238 e. The molecular weight excluding hydrogens is 372 g/mol. The first-order valence-electron chi connectivity index (χ1n) is 9.37. The molecule has 1 atom stereocenters. The Balaban J connectivity index is 1.84. The summed E-state index contributed by atoms with van der Waals surface area (Å²) in [7, 11) is 0. The summed E-state index contributed by atoms with van der Waals surface area (Å²) in [5, 5.41) is 2.84. The third kappa shape index (κ3) is 4.50. The Hall–Kier alpha value is -2.47. The Kier molecular flexibility index (Phi) is 5.98. The third-order valence-electron chi connectivity index (χ3n) is 4.40. The molecule has 1 fully saturated rings. The van der Waals surface area contributed by atoms with Crippen molar-refractivity contribution in [3.05, 3.63) is 54.1 Å². The maximum absolute atomic E-state index is 12.6. The standard InChI is InChI=1S/C22H26N2O3S/c1-5-27-18-11-9-17(10-12-18)24-19(25)14-28-20(24)15-7-6-8-16(13-15)23-21(26)22(2,3)4/h6-13,20H,5,14H2,1-4H3,(H,23,26). The second-order valence-electron chi connectivity index (χ2n) is 7.68. The van der Waals surface area contributed by atoms with Gasteiger partial charge in [-0.1, -0.05) is 32.9 Å². The number of benzene rings is 2. The highest BCUT2D eigenvalue weighted by molar-refractivity contribution is 8.00. The summed E-state index contributed by atoms with van der Waals surface area (Å²) >= 11 is 1.59. The molecule has 1 saturated heterocycles. The minimum Gasteiger partial charge on any atom is -0.494 e. The predicted molar refractivity (Wildman–Crippen MR) is 115 cm³/mol. The van der Waals surface area contributed by atoms with Gasteiger partial charge in [0.1, 0.15) is 11.1 Å². The molecule has 1 heterocycles. The van der Waals surface area contributed by atoms with E-state index < -0.39 is 5.41 Å². The van der Waals surface area contributed by atoms with Gasteiger partial charge in [0.2, 0.25) is 11.8 Å². The largest absolute Gasteiger partial charge is 0.494 e. The molecule has 5 nitrogen and oxygen atoms in total. The molecule has 0 aliphatic carbocycles. The van der Waals surface area contributed by atoms with E-state index in [2.05, 4.69) is 5.32 Å². The van der Waals surface area contributed by atoms with Crippen molar-refractivity contribution >= 4 is 35.0 Å². The van der Waals surface area contributed by atoms with E-state index in [0.717, 1.165) is 22.7 Å². The molecule has 1 N–H and O–H groups in total. The predicted octanol–water partition coefficient (Wildman–Crippen LogP) is 4.85. The number of nitrogens with zero attached hydrogens (tertiary/aromatic N) is 1. The summed E-state index contributed by atoms with van der Waals surface area (Å²) in [6.07, 6.45) is 0. The molecule has 1 aliphatic rings. The summed E-state index contributed by atoms with van der Waals surface area (Å²) in [5.41, 5.74) is 2.09. The Morgan fingerprint density at radius 3 is 2.57 bits per heavy atom. The fourth-order valence-electron chi connectivity index (χ4n) is 2.91. The lowest BCUT2D eigenvalue weighted by Gasteiger charge is -2.25. The SMILES string of the molecule is CCOc1ccc(N2C(=O)CSC2c2cccc(NC(=O)C(C)(C)C)c2)cc1.